The van der Waals surface area contributed by atoms with Gasteiger partial charge in [-0.1, -0.05) is 48.8 Å². The van der Waals surface area contributed by atoms with Gasteiger partial charge in [0.05, 0.1) is 6.04 Å². The van der Waals surface area contributed by atoms with E-state index in [1.165, 1.54) is 0 Å². The molecule has 84 valence electrons. The summed E-state index contributed by atoms with van der Waals surface area (Å²) in [5.74, 6) is 1.11. The van der Waals surface area contributed by atoms with E-state index >= 15 is 0 Å². The molecule has 1 unspecified atom stereocenters. The monoisotopic (exact) mass is 217 g/mol. The molecule has 0 aliphatic rings. The van der Waals surface area contributed by atoms with E-state index in [0.29, 0.717) is 11.7 Å². The number of hydrogen-bond acceptors (Lipinski definition) is 4. The molecule has 0 amide bonds. The molecule has 0 aliphatic carbocycles. The second kappa shape index (κ2) is 4.90. The summed E-state index contributed by atoms with van der Waals surface area (Å²) in [6, 6.07) is 9.57. The van der Waals surface area contributed by atoms with Gasteiger partial charge in [-0.2, -0.15) is 4.98 Å². The lowest BCUT2D eigenvalue weighted by atomic mass is 10.2. The van der Waals surface area contributed by atoms with E-state index in [-0.39, 0.29) is 6.04 Å². The normalized spacial score (nSPS) is 12.6. The highest BCUT2D eigenvalue weighted by Gasteiger charge is 2.14. The fraction of sp³-hybridized carbons (Fsp3) is 0.333. The zero-order valence-electron chi connectivity index (χ0n) is 9.26. The molecule has 1 heterocycles. The highest BCUT2D eigenvalue weighted by atomic mass is 16.5. The first kappa shape index (κ1) is 10.8. The Morgan fingerprint density at radius 3 is 2.75 bits per heavy atom. The lowest BCUT2D eigenvalue weighted by molar-refractivity contribution is 0.348. The Kier molecular flexibility index (Phi) is 3.31. The average Bonchev–Trinajstić information content (AvgIpc) is 2.80. The minimum atomic E-state index is -0.157. The lowest BCUT2D eigenvalue weighted by Gasteiger charge is -2.02. The van der Waals surface area contributed by atoms with Crippen LogP contribution < -0.4 is 5.73 Å². The molecule has 4 nitrogen and oxygen atoms in total. The van der Waals surface area contributed by atoms with Crippen molar-refractivity contribution in [3.05, 3.63) is 36.2 Å². The predicted molar refractivity (Wildman–Crippen MR) is 61.6 cm³/mol. The first-order valence-corrected chi connectivity index (χ1v) is 5.46. The molecule has 2 aromatic rings. The van der Waals surface area contributed by atoms with Crippen LogP contribution in [-0.2, 0) is 0 Å². The van der Waals surface area contributed by atoms with Crippen molar-refractivity contribution in [2.75, 3.05) is 0 Å². The first-order chi connectivity index (χ1) is 7.81. The van der Waals surface area contributed by atoms with E-state index in [4.69, 9.17) is 10.3 Å². The Morgan fingerprint density at radius 1 is 1.31 bits per heavy atom. The highest BCUT2D eigenvalue weighted by Crippen LogP contribution is 2.19. The number of hydrogen-bond donors (Lipinski definition) is 1. The van der Waals surface area contributed by atoms with Crippen LogP contribution in [-0.4, -0.2) is 10.1 Å². The molecular formula is C12H15N3O. The van der Waals surface area contributed by atoms with Crippen molar-refractivity contribution >= 4 is 0 Å². The lowest BCUT2D eigenvalue weighted by Crippen LogP contribution is -2.09. The van der Waals surface area contributed by atoms with Gasteiger partial charge >= 0.3 is 0 Å². The van der Waals surface area contributed by atoms with Gasteiger partial charge in [0.2, 0.25) is 11.7 Å². The van der Waals surface area contributed by atoms with E-state index in [0.717, 1.165) is 18.4 Å². The third-order valence-electron chi connectivity index (χ3n) is 2.39. The first-order valence-electron chi connectivity index (χ1n) is 5.46. The van der Waals surface area contributed by atoms with Crippen LogP contribution in [0.4, 0.5) is 0 Å². The summed E-state index contributed by atoms with van der Waals surface area (Å²) in [6.45, 7) is 2.08. The minimum Gasteiger partial charge on any atom is -0.337 e. The van der Waals surface area contributed by atoms with Gasteiger partial charge < -0.3 is 10.3 Å². The maximum atomic E-state index is 5.90. The van der Waals surface area contributed by atoms with Gasteiger partial charge in [0.25, 0.3) is 0 Å². The Hall–Kier alpha value is -1.68. The Morgan fingerprint density at radius 2 is 2.06 bits per heavy atom. The van der Waals surface area contributed by atoms with Crippen molar-refractivity contribution in [2.24, 2.45) is 5.73 Å². The maximum Gasteiger partial charge on any atom is 0.243 e. The molecule has 4 heteroatoms. The van der Waals surface area contributed by atoms with Gasteiger partial charge in [-0.3, -0.25) is 0 Å². The Balaban J connectivity index is 2.20. The van der Waals surface area contributed by atoms with Gasteiger partial charge in [0.1, 0.15) is 0 Å². The largest absolute Gasteiger partial charge is 0.337 e. The number of nitrogens with two attached hydrogens (primary N) is 1. The fourth-order valence-electron chi connectivity index (χ4n) is 1.52. The molecule has 0 spiro atoms. The molecule has 1 aromatic heterocycles. The molecule has 0 saturated carbocycles. The van der Waals surface area contributed by atoms with Gasteiger partial charge in [-0.15, -0.1) is 0 Å². The third kappa shape index (κ3) is 2.28. The van der Waals surface area contributed by atoms with Crippen molar-refractivity contribution in [3.63, 3.8) is 0 Å². The molecule has 0 radical (unpaired) electrons. The van der Waals surface area contributed by atoms with Crippen LogP contribution in [0.25, 0.3) is 11.4 Å². The predicted octanol–water partition coefficient (Wildman–Crippen LogP) is 2.54. The summed E-state index contributed by atoms with van der Waals surface area (Å²) < 4.78 is 5.15. The van der Waals surface area contributed by atoms with Crippen LogP contribution in [0.15, 0.2) is 34.9 Å². The topological polar surface area (TPSA) is 64.9 Å². The average molecular weight is 217 g/mol. The molecule has 0 bridgehead atoms. The number of nitrogens with zero attached hydrogens (tertiary/aromatic N) is 2. The molecule has 1 aromatic carbocycles. The summed E-state index contributed by atoms with van der Waals surface area (Å²) in [7, 11) is 0. The molecule has 16 heavy (non-hydrogen) atoms. The van der Waals surface area contributed by atoms with Gasteiger partial charge in [0.15, 0.2) is 0 Å². The number of aromatic nitrogens is 2. The third-order valence-corrected chi connectivity index (χ3v) is 2.39. The van der Waals surface area contributed by atoms with Crippen molar-refractivity contribution in [1.29, 1.82) is 0 Å². The SMILES string of the molecule is CCCC(N)c1nc(-c2ccccc2)no1. The van der Waals surface area contributed by atoms with Crippen molar-refractivity contribution in [2.45, 2.75) is 25.8 Å². The molecule has 0 saturated heterocycles. The standard InChI is InChI=1S/C12H15N3O/c1-2-6-10(13)12-14-11(15-16-12)9-7-4-3-5-8-9/h3-5,7-8,10H,2,6,13H2,1H3. The summed E-state index contributed by atoms with van der Waals surface area (Å²) >= 11 is 0. The molecule has 1 atom stereocenters. The van der Waals surface area contributed by atoms with Crippen LogP contribution in [0.5, 0.6) is 0 Å². The van der Waals surface area contributed by atoms with Crippen molar-refractivity contribution < 1.29 is 4.52 Å². The summed E-state index contributed by atoms with van der Waals surface area (Å²) in [6.07, 6.45) is 1.86. The molecule has 2 rings (SSSR count). The molecular weight excluding hydrogens is 202 g/mol. The van der Waals surface area contributed by atoms with Gasteiger partial charge in [0, 0.05) is 5.56 Å². The minimum absolute atomic E-state index is 0.157. The van der Waals surface area contributed by atoms with E-state index in [9.17, 15) is 0 Å². The van der Waals surface area contributed by atoms with Crippen LogP contribution in [0.1, 0.15) is 31.7 Å². The quantitative estimate of drug-likeness (QED) is 0.854. The van der Waals surface area contributed by atoms with Crippen LogP contribution in [0.2, 0.25) is 0 Å². The smallest absolute Gasteiger partial charge is 0.243 e. The second-order valence-electron chi connectivity index (χ2n) is 3.72. The Labute approximate surface area is 94.5 Å². The Bertz CT molecular complexity index is 439. The summed E-state index contributed by atoms with van der Waals surface area (Å²) in [4.78, 5) is 4.30. The summed E-state index contributed by atoms with van der Waals surface area (Å²) in [5.41, 5.74) is 6.85. The van der Waals surface area contributed by atoms with Crippen molar-refractivity contribution in [1.82, 2.24) is 10.1 Å². The van der Waals surface area contributed by atoms with Gasteiger partial charge in [-0.25, -0.2) is 0 Å². The van der Waals surface area contributed by atoms with Crippen LogP contribution in [0.3, 0.4) is 0 Å². The second-order valence-corrected chi connectivity index (χ2v) is 3.72. The number of benzene rings is 1. The zero-order chi connectivity index (χ0) is 11.4. The highest BCUT2D eigenvalue weighted by molar-refractivity contribution is 5.53. The van der Waals surface area contributed by atoms with Crippen LogP contribution >= 0.6 is 0 Å². The van der Waals surface area contributed by atoms with E-state index in [1.807, 2.05) is 30.3 Å². The van der Waals surface area contributed by atoms with E-state index < -0.39 is 0 Å². The van der Waals surface area contributed by atoms with E-state index in [2.05, 4.69) is 17.1 Å². The fourth-order valence-corrected chi connectivity index (χ4v) is 1.52. The molecule has 0 aliphatic heterocycles. The van der Waals surface area contributed by atoms with Crippen LogP contribution in [0, 0.1) is 0 Å². The molecule has 2 N–H and O–H groups in total. The molecule has 0 fully saturated rings. The summed E-state index contributed by atoms with van der Waals surface area (Å²) in [5, 5.41) is 3.92. The number of rotatable bonds is 4. The maximum absolute atomic E-state index is 5.90. The zero-order valence-corrected chi connectivity index (χ0v) is 9.26. The van der Waals surface area contributed by atoms with Gasteiger partial charge in [-0.05, 0) is 6.42 Å². The van der Waals surface area contributed by atoms with E-state index in [1.54, 1.807) is 0 Å². The van der Waals surface area contributed by atoms with Crippen molar-refractivity contribution in [3.8, 4) is 11.4 Å².